The normalized spacial score (nSPS) is 17.7. The van der Waals surface area contributed by atoms with Gasteiger partial charge in [0.05, 0.1) is 16.7 Å². The smallest absolute Gasteiger partial charge is 0.349 e. The fourth-order valence-corrected chi connectivity index (χ4v) is 3.06. The van der Waals surface area contributed by atoms with Crippen molar-refractivity contribution in [2.24, 2.45) is 0 Å². The Bertz CT molecular complexity index is 944. The van der Waals surface area contributed by atoms with E-state index in [0.29, 0.717) is 30.8 Å². The highest BCUT2D eigenvalue weighted by atomic mass is 19.4. The third kappa shape index (κ3) is 4.04. The molecule has 1 aromatic heterocycles. The fraction of sp³-hybridized carbons (Fsp3) is 0.438. The number of benzene rings is 1. The second kappa shape index (κ2) is 6.99. The number of carbonyl (C=O) groups excluding carboxylic acids is 1. The summed E-state index contributed by atoms with van der Waals surface area (Å²) in [4.78, 5) is 23.9. The molecule has 1 aliphatic rings. The number of H-pyrrole nitrogens is 1. The molecule has 0 radical (unpaired) electrons. The van der Waals surface area contributed by atoms with Crippen LogP contribution in [-0.4, -0.2) is 26.7 Å². The lowest BCUT2D eigenvalue weighted by atomic mass is 10.0. The summed E-state index contributed by atoms with van der Waals surface area (Å²) >= 11 is 0. The van der Waals surface area contributed by atoms with E-state index in [1.807, 2.05) is 0 Å². The van der Waals surface area contributed by atoms with Gasteiger partial charge in [0, 0.05) is 19.0 Å². The Kier molecular flexibility index (Phi) is 4.98. The van der Waals surface area contributed by atoms with Gasteiger partial charge in [-0.25, -0.2) is 9.89 Å². The maximum Gasteiger partial charge on any atom is 0.417 e. The number of nitrogens with one attached hydrogen (secondary N) is 2. The van der Waals surface area contributed by atoms with Gasteiger partial charge < -0.3 is 5.32 Å². The van der Waals surface area contributed by atoms with Crippen molar-refractivity contribution in [1.29, 1.82) is 0 Å². The van der Waals surface area contributed by atoms with Gasteiger partial charge >= 0.3 is 18.0 Å². The number of hydrogen-bond donors (Lipinski definition) is 2. The number of carbonyl (C=O) groups is 1. The average Bonchev–Trinajstić information content (AvgIpc) is 2.82. The third-order valence-electron chi connectivity index (χ3n) is 4.49. The van der Waals surface area contributed by atoms with Crippen LogP contribution in [0.15, 0.2) is 23.0 Å². The summed E-state index contributed by atoms with van der Waals surface area (Å²) in [5.74, 6) is -0.660. The van der Waals surface area contributed by atoms with Crippen LogP contribution in [-0.2, 0) is 25.3 Å². The van der Waals surface area contributed by atoms with E-state index in [1.54, 1.807) is 0 Å². The maximum absolute atomic E-state index is 13.2. The van der Waals surface area contributed by atoms with Gasteiger partial charge in [0.2, 0.25) is 0 Å². The molecule has 12 heteroatoms. The van der Waals surface area contributed by atoms with Crippen LogP contribution in [0.2, 0.25) is 0 Å². The molecule has 2 N–H and O–H groups in total. The van der Waals surface area contributed by atoms with Crippen molar-refractivity contribution in [3.05, 3.63) is 51.2 Å². The molecule has 0 bridgehead atoms. The van der Waals surface area contributed by atoms with Crippen molar-refractivity contribution < 1.29 is 31.1 Å². The molecule has 1 amide bonds. The summed E-state index contributed by atoms with van der Waals surface area (Å²) in [7, 11) is 0. The van der Waals surface area contributed by atoms with Gasteiger partial charge in [0.1, 0.15) is 5.82 Å². The molecule has 2 heterocycles. The fourth-order valence-electron chi connectivity index (χ4n) is 3.06. The minimum atomic E-state index is -5.13. The first kappa shape index (κ1) is 20.0. The lowest BCUT2D eigenvalue weighted by molar-refractivity contribution is -0.143. The molecule has 2 aromatic rings. The van der Waals surface area contributed by atoms with E-state index >= 15 is 0 Å². The second-order valence-corrected chi connectivity index (χ2v) is 6.35. The lowest BCUT2D eigenvalue weighted by Crippen LogP contribution is -2.36. The number of rotatable bonds is 2. The molecule has 0 aliphatic carbocycles. The van der Waals surface area contributed by atoms with Crippen molar-refractivity contribution in [2.75, 3.05) is 0 Å². The van der Waals surface area contributed by atoms with Crippen LogP contribution in [0.25, 0.3) is 0 Å². The van der Waals surface area contributed by atoms with Crippen molar-refractivity contribution in [1.82, 2.24) is 20.1 Å². The minimum Gasteiger partial charge on any atom is -0.349 e. The summed E-state index contributed by atoms with van der Waals surface area (Å²) in [5, 5.41) is 8.52. The average molecular weight is 408 g/mol. The number of aromatic nitrogens is 3. The molecular formula is C16H14F6N4O2. The molecule has 3 rings (SSSR count). The topological polar surface area (TPSA) is 79.8 Å². The Morgan fingerprint density at radius 1 is 1.14 bits per heavy atom. The summed E-state index contributed by atoms with van der Waals surface area (Å²) in [6.45, 7) is 0.203. The first-order valence-corrected chi connectivity index (χ1v) is 8.20. The van der Waals surface area contributed by atoms with Crippen LogP contribution < -0.4 is 11.0 Å². The maximum atomic E-state index is 13.2. The van der Waals surface area contributed by atoms with E-state index < -0.39 is 46.7 Å². The number of alkyl halides is 6. The number of halogens is 6. The molecule has 6 nitrogen and oxygen atoms in total. The van der Waals surface area contributed by atoms with E-state index in [-0.39, 0.29) is 19.0 Å². The molecule has 0 saturated carbocycles. The predicted molar refractivity (Wildman–Crippen MR) is 83.5 cm³/mol. The monoisotopic (exact) mass is 408 g/mol. The Morgan fingerprint density at radius 3 is 2.50 bits per heavy atom. The highest BCUT2D eigenvalue weighted by Crippen LogP contribution is 2.37. The molecule has 0 saturated heterocycles. The van der Waals surface area contributed by atoms with Crippen LogP contribution in [0.3, 0.4) is 0 Å². The van der Waals surface area contributed by atoms with Crippen molar-refractivity contribution in [3.63, 3.8) is 0 Å². The Morgan fingerprint density at radius 2 is 1.86 bits per heavy atom. The highest BCUT2D eigenvalue weighted by molar-refractivity contribution is 5.96. The number of fused-ring (bicyclic) bond motifs is 1. The molecule has 0 fully saturated rings. The quantitative estimate of drug-likeness (QED) is 0.750. The Balaban J connectivity index is 1.81. The molecule has 152 valence electrons. The van der Waals surface area contributed by atoms with Gasteiger partial charge in [-0.15, -0.1) is 0 Å². The molecule has 1 aliphatic heterocycles. The van der Waals surface area contributed by atoms with Crippen LogP contribution in [0.4, 0.5) is 26.3 Å². The van der Waals surface area contributed by atoms with Crippen molar-refractivity contribution >= 4 is 5.91 Å². The van der Waals surface area contributed by atoms with E-state index in [4.69, 9.17) is 0 Å². The molecule has 0 spiro atoms. The van der Waals surface area contributed by atoms with E-state index in [2.05, 4.69) is 15.5 Å². The van der Waals surface area contributed by atoms with E-state index in [1.165, 1.54) is 4.57 Å². The van der Waals surface area contributed by atoms with Gasteiger partial charge in [0.15, 0.2) is 0 Å². The number of nitrogens with zero attached hydrogens (tertiary/aromatic N) is 2. The molecular weight excluding hydrogens is 394 g/mol. The van der Waals surface area contributed by atoms with Gasteiger partial charge in [-0.2, -0.15) is 31.4 Å². The molecule has 28 heavy (non-hydrogen) atoms. The summed E-state index contributed by atoms with van der Waals surface area (Å²) in [5.41, 5.74) is -4.46. The van der Waals surface area contributed by atoms with Crippen LogP contribution in [0, 0.1) is 0 Å². The van der Waals surface area contributed by atoms with Crippen molar-refractivity contribution in [3.8, 4) is 0 Å². The molecule has 1 unspecified atom stereocenters. The lowest BCUT2D eigenvalue weighted by Gasteiger charge is -2.19. The van der Waals surface area contributed by atoms with Crippen molar-refractivity contribution in [2.45, 2.75) is 44.2 Å². The summed E-state index contributed by atoms with van der Waals surface area (Å²) in [6, 6.07) is 0.328. The van der Waals surface area contributed by atoms with Gasteiger partial charge in [-0.05, 0) is 31.0 Å². The van der Waals surface area contributed by atoms with Crippen LogP contribution >= 0.6 is 0 Å². The van der Waals surface area contributed by atoms with Gasteiger partial charge in [-0.1, -0.05) is 0 Å². The SMILES string of the molecule is O=C(NC1CCc2n[nH]c(=O)n2CC1)c1ccc(C(F)(F)F)cc1C(F)(F)F. The van der Waals surface area contributed by atoms with Crippen LogP contribution in [0.1, 0.15) is 40.2 Å². The number of amides is 1. The largest absolute Gasteiger partial charge is 0.417 e. The zero-order chi connectivity index (χ0) is 20.7. The predicted octanol–water partition coefficient (Wildman–Crippen LogP) is 2.74. The van der Waals surface area contributed by atoms with Gasteiger partial charge in [-0.3, -0.25) is 9.36 Å². The number of aromatic amines is 1. The Labute approximate surface area is 153 Å². The number of aryl methyl sites for hydroxylation is 1. The first-order chi connectivity index (χ1) is 13.0. The summed E-state index contributed by atoms with van der Waals surface area (Å²) in [6.07, 6.45) is -9.21. The number of hydrogen-bond acceptors (Lipinski definition) is 3. The molecule has 1 atom stereocenters. The van der Waals surface area contributed by atoms with Gasteiger partial charge in [0.25, 0.3) is 5.91 Å². The highest BCUT2D eigenvalue weighted by Gasteiger charge is 2.39. The van der Waals surface area contributed by atoms with E-state index in [9.17, 15) is 35.9 Å². The third-order valence-corrected chi connectivity index (χ3v) is 4.49. The standard InChI is InChI=1S/C16H14F6N4O2/c17-15(18,19)8-1-3-10(11(7-8)16(20,21)22)13(27)23-9-2-4-12-24-25-14(28)26(12)6-5-9/h1,3,7,9H,2,4-6H2,(H,23,27)(H,25,28). The zero-order valence-corrected chi connectivity index (χ0v) is 14.1. The second-order valence-electron chi connectivity index (χ2n) is 6.35. The Hall–Kier alpha value is -2.79. The zero-order valence-electron chi connectivity index (χ0n) is 14.1. The van der Waals surface area contributed by atoms with Crippen LogP contribution in [0.5, 0.6) is 0 Å². The minimum absolute atomic E-state index is 0.0723. The summed E-state index contributed by atoms with van der Waals surface area (Å²) < 4.78 is 79.2. The molecule has 1 aromatic carbocycles. The first-order valence-electron chi connectivity index (χ1n) is 8.20. The van der Waals surface area contributed by atoms with E-state index in [0.717, 1.165) is 0 Å².